The van der Waals surface area contributed by atoms with Crippen molar-refractivity contribution in [2.24, 2.45) is 5.73 Å². The lowest BCUT2D eigenvalue weighted by Gasteiger charge is -2.08. The van der Waals surface area contributed by atoms with Gasteiger partial charge in [0.05, 0.1) is 5.57 Å². The van der Waals surface area contributed by atoms with E-state index in [4.69, 9.17) is 5.73 Å². The summed E-state index contributed by atoms with van der Waals surface area (Å²) in [7, 11) is 0. The molecule has 21 heavy (non-hydrogen) atoms. The number of benzene rings is 1. The Morgan fingerprint density at radius 3 is 2.71 bits per heavy atom. The van der Waals surface area contributed by atoms with Crippen molar-refractivity contribution in [2.75, 3.05) is 0 Å². The van der Waals surface area contributed by atoms with Gasteiger partial charge < -0.3 is 10.7 Å². The van der Waals surface area contributed by atoms with Crippen LogP contribution in [0.5, 0.6) is 0 Å². The highest BCUT2D eigenvalue weighted by molar-refractivity contribution is 6.28. The van der Waals surface area contributed by atoms with Crippen LogP contribution in [0.15, 0.2) is 55.0 Å². The molecule has 1 aromatic carbocycles. The van der Waals surface area contributed by atoms with Crippen molar-refractivity contribution in [3.63, 3.8) is 0 Å². The maximum absolute atomic E-state index is 12.0. The number of aromatic amines is 1. The molecule has 0 unspecified atom stereocenters. The van der Waals surface area contributed by atoms with Gasteiger partial charge in [-0.15, -0.1) is 0 Å². The molecule has 0 fully saturated rings. The van der Waals surface area contributed by atoms with E-state index in [2.05, 4.69) is 9.97 Å². The summed E-state index contributed by atoms with van der Waals surface area (Å²) in [6, 6.07) is 11.6. The van der Waals surface area contributed by atoms with Gasteiger partial charge >= 0.3 is 0 Å². The maximum Gasteiger partial charge on any atom is 0.249 e. The van der Waals surface area contributed by atoms with Gasteiger partial charge in [-0.2, -0.15) is 0 Å². The van der Waals surface area contributed by atoms with E-state index in [1.807, 2.05) is 49.5 Å². The Hall–Kier alpha value is -2.88. The lowest BCUT2D eigenvalue weighted by molar-refractivity contribution is -0.112. The molecule has 1 amide bonds. The fourth-order valence-corrected chi connectivity index (χ4v) is 2.53. The summed E-state index contributed by atoms with van der Waals surface area (Å²) in [4.78, 5) is 19.3. The zero-order chi connectivity index (χ0) is 14.8. The lowest BCUT2D eigenvalue weighted by atomic mass is 9.96. The van der Waals surface area contributed by atoms with Crippen LogP contribution in [0.4, 0.5) is 0 Å². The zero-order valence-corrected chi connectivity index (χ0v) is 11.6. The molecule has 0 spiro atoms. The molecule has 4 heteroatoms. The van der Waals surface area contributed by atoms with Crippen LogP contribution < -0.4 is 5.73 Å². The fraction of sp³-hybridized carbons (Fsp3) is 0.0588. The molecule has 4 nitrogen and oxygen atoms in total. The minimum Gasteiger partial charge on any atom is -0.366 e. The molecular weight excluding hydrogens is 262 g/mol. The summed E-state index contributed by atoms with van der Waals surface area (Å²) in [5.74, 6) is -0.443. The van der Waals surface area contributed by atoms with Crippen molar-refractivity contribution in [3.05, 3.63) is 66.1 Å². The van der Waals surface area contributed by atoms with Crippen molar-refractivity contribution in [1.82, 2.24) is 9.97 Å². The molecular formula is C17H15N3O. The molecule has 104 valence electrons. The second kappa shape index (κ2) is 5.25. The number of primary amides is 1. The van der Waals surface area contributed by atoms with Crippen LogP contribution in [0.1, 0.15) is 18.1 Å². The van der Waals surface area contributed by atoms with Crippen molar-refractivity contribution in [1.29, 1.82) is 0 Å². The summed E-state index contributed by atoms with van der Waals surface area (Å²) < 4.78 is 0. The average molecular weight is 277 g/mol. The van der Waals surface area contributed by atoms with Gasteiger partial charge in [0.15, 0.2) is 0 Å². The van der Waals surface area contributed by atoms with Crippen molar-refractivity contribution < 1.29 is 4.79 Å². The molecule has 3 aromatic rings. The van der Waals surface area contributed by atoms with Gasteiger partial charge in [-0.05, 0) is 30.2 Å². The number of H-pyrrole nitrogens is 1. The number of hydrogen-bond acceptors (Lipinski definition) is 2. The Kier molecular flexibility index (Phi) is 3.28. The number of pyridine rings is 1. The summed E-state index contributed by atoms with van der Waals surface area (Å²) in [5, 5.41) is 0.981. The maximum atomic E-state index is 12.0. The Labute approximate surface area is 122 Å². The predicted molar refractivity (Wildman–Crippen MR) is 84.2 cm³/mol. The number of nitrogens with zero attached hydrogens (tertiary/aromatic N) is 1. The molecule has 0 saturated heterocycles. The third kappa shape index (κ3) is 2.31. The number of fused-ring (bicyclic) bond motifs is 1. The van der Waals surface area contributed by atoms with Crippen LogP contribution in [0.2, 0.25) is 0 Å². The SMILES string of the molecule is C/C(=C(/C(N)=O)c1c[nH]c2ccccc12)c1cccnc1. The van der Waals surface area contributed by atoms with Gasteiger partial charge in [0.1, 0.15) is 0 Å². The zero-order valence-electron chi connectivity index (χ0n) is 11.6. The Balaban J connectivity index is 2.26. The number of aromatic nitrogens is 2. The first-order valence-electron chi connectivity index (χ1n) is 6.66. The number of para-hydroxylation sites is 1. The molecule has 0 radical (unpaired) electrons. The average Bonchev–Trinajstić information content (AvgIpc) is 2.92. The number of allylic oxidation sites excluding steroid dienone is 1. The quantitative estimate of drug-likeness (QED) is 0.722. The van der Waals surface area contributed by atoms with Crippen molar-refractivity contribution in [2.45, 2.75) is 6.92 Å². The smallest absolute Gasteiger partial charge is 0.249 e. The number of nitrogens with one attached hydrogen (secondary N) is 1. The Morgan fingerprint density at radius 2 is 2.00 bits per heavy atom. The van der Waals surface area contributed by atoms with E-state index in [-0.39, 0.29) is 0 Å². The second-order valence-corrected chi connectivity index (χ2v) is 4.85. The first-order valence-corrected chi connectivity index (χ1v) is 6.66. The lowest BCUT2D eigenvalue weighted by Crippen LogP contribution is -2.14. The summed E-state index contributed by atoms with van der Waals surface area (Å²) in [6.07, 6.45) is 5.25. The van der Waals surface area contributed by atoms with Crippen LogP contribution >= 0.6 is 0 Å². The van der Waals surface area contributed by atoms with Crippen LogP contribution in [0.25, 0.3) is 22.0 Å². The fourth-order valence-electron chi connectivity index (χ4n) is 2.53. The number of carbonyl (C=O) groups is 1. The van der Waals surface area contributed by atoms with Crippen LogP contribution in [-0.2, 0) is 4.79 Å². The number of carbonyl (C=O) groups excluding carboxylic acids is 1. The predicted octanol–water partition coefficient (Wildman–Crippen LogP) is 2.98. The molecule has 0 aliphatic carbocycles. The molecule has 0 saturated carbocycles. The van der Waals surface area contributed by atoms with Crippen molar-refractivity contribution >= 4 is 28.0 Å². The Bertz CT molecular complexity index is 831. The Morgan fingerprint density at radius 1 is 1.19 bits per heavy atom. The summed E-state index contributed by atoms with van der Waals surface area (Å²) in [5.41, 5.74) is 9.64. The minimum absolute atomic E-state index is 0.443. The number of nitrogens with two attached hydrogens (primary N) is 1. The number of hydrogen-bond donors (Lipinski definition) is 2. The van der Waals surface area contributed by atoms with Crippen molar-refractivity contribution in [3.8, 4) is 0 Å². The molecule has 0 aliphatic heterocycles. The molecule has 0 bridgehead atoms. The van der Waals surface area contributed by atoms with Crippen LogP contribution in [0, 0.1) is 0 Å². The number of amides is 1. The van der Waals surface area contributed by atoms with Gasteiger partial charge in [0, 0.05) is 35.1 Å². The van der Waals surface area contributed by atoms with E-state index in [0.29, 0.717) is 5.57 Å². The van der Waals surface area contributed by atoms with E-state index in [0.717, 1.165) is 27.6 Å². The summed E-state index contributed by atoms with van der Waals surface area (Å²) >= 11 is 0. The molecule has 0 aliphatic rings. The number of rotatable bonds is 3. The largest absolute Gasteiger partial charge is 0.366 e. The molecule has 3 N–H and O–H groups in total. The third-order valence-electron chi connectivity index (χ3n) is 3.57. The van der Waals surface area contributed by atoms with Gasteiger partial charge in [-0.25, -0.2) is 0 Å². The van der Waals surface area contributed by atoms with Gasteiger partial charge in [-0.1, -0.05) is 24.3 Å². The van der Waals surface area contributed by atoms with E-state index >= 15 is 0 Å². The standard InChI is InChI=1S/C17H15N3O/c1-11(12-5-4-8-19-9-12)16(17(18)21)14-10-20-15-7-3-2-6-13(14)15/h2-10,20H,1H3,(H2,18,21)/b16-11-. The highest BCUT2D eigenvalue weighted by Gasteiger charge is 2.17. The molecule has 3 rings (SSSR count). The topological polar surface area (TPSA) is 71.8 Å². The van der Waals surface area contributed by atoms with Gasteiger partial charge in [0.2, 0.25) is 5.91 Å². The van der Waals surface area contributed by atoms with E-state index in [9.17, 15) is 4.79 Å². The van der Waals surface area contributed by atoms with E-state index < -0.39 is 5.91 Å². The van der Waals surface area contributed by atoms with Gasteiger partial charge in [-0.3, -0.25) is 9.78 Å². The molecule has 0 atom stereocenters. The summed E-state index contributed by atoms with van der Waals surface area (Å²) in [6.45, 7) is 1.89. The minimum atomic E-state index is -0.443. The second-order valence-electron chi connectivity index (χ2n) is 4.85. The normalized spacial score (nSPS) is 12.2. The van der Waals surface area contributed by atoms with Gasteiger partial charge in [0.25, 0.3) is 0 Å². The highest BCUT2D eigenvalue weighted by atomic mass is 16.1. The van der Waals surface area contributed by atoms with E-state index in [1.165, 1.54) is 0 Å². The molecule has 2 aromatic heterocycles. The first-order chi connectivity index (χ1) is 10.2. The highest BCUT2D eigenvalue weighted by Crippen LogP contribution is 2.30. The first kappa shape index (κ1) is 13.1. The van der Waals surface area contributed by atoms with E-state index in [1.54, 1.807) is 12.4 Å². The third-order valence-corrected chi connectivity index (χ3v) is 3.57. The van der Waals surface area contributed by atoms with Crippen LogP contribution in [0.3, 0.4) is 0 Å². The monoisotopic (exact) mass is 277 g/mol. The van der Waals surface area contributed by atoms with Crippen LogP contribution in [-0.4, -0.2) is 15.9 Å². The molecule has 2 heterocycles.